The van der Waals surface area contributed by atoms with Gasteiger partial charge in [0.25, 0.3) is 5.91 Å². The molecule has 3 rings (SSSR count). The molecular formula is C19H22N4O2. The number of hydrogen-bond acceptors (Lipinski definition) is 3. The van der Waals surface area contributed by atoms with E-state index in [0.717, 1.165) is 18.4 Å². The fourth-order valence-corrected chi connectivity index (χ4v) is 2.88. The molecule has 1 aromatic heterocycles. The first kappa shape index (κ1) is 17.0. The third kappa shape index (κ3) is 4.35. The first-order chi connectivity index (χ1) is 12.1. The van der Waals surface area contributed by atoms with E-state index in [1.165, 1.54) is 0 Å². The Bertz CT molecular complexity index is 740. The van der Waals surface area contributed by atoms with E-state index in [0.29, 0.717) is 24.5 Å². The molecule has 0 radical (unpaired) electrons. The number of hydrogen-bond donors (Lipinski definition) is 2. The number of carbonyl (C=O) groups excluding carboxylic acids is 2. The van der Waals surface area contributed by atoms with Gasteiger partial charge in [-0.2, -0.15) is 0 Å². The fraction of sp³-hybridized carbons (Fsp3) is 0.316. The molecule has 0 unspecified atom stereocenters. The minimum atomic E-state index is -0.144. The van der Waals surface area contributed by atoms with E-state index in [4.69, 9.17) is 0 Å². The van der Waals surface area contributed by atoms with Crippen molar-refractivity contribution in [1.82, 2.24) is 15.2 Å². The monoisotopic (exact) mass is 338 g/mol. The normalized spacial score (nSPS) is 14.8. The molecule has 1 fully saturated rings. The number of carbonyl (C=O) groups is 2. The quantitative estimate of drug-likeness (QED) is 0.904. The topological polar surface area (TPSA) is 74.3 Å². The Morgan fingerprint density at radius 2 is 1.80 bits per heavy atom. The predicted molar refractivity (Wildman–Crippen MR) is 96.5 cm³/mol. The average molecular weight is 338 g/mol. The Kier molecular flexibility index (Phi) is 5.28. The summed E-state index contributed by atoms with van der Waals surface area (Å²) in [6.45, 7) is 3.13. The van der Waals surface area contributed by atoms with E-state index in [1.54, 1.807) is 23.2 Å². The lowest BCUT2D eigenvalue weighted by atomic mass is 10.0. The van der Waals surface area contributed by atoms with Crippen molar-refractivity contribution in [1.29, 1.82) is 0 Å². The summed E-state index contributed by atoms with van der Waals surface area (Å²) < 4.78 is 0. The summed E-state index contributed by atoms with van der Waals surface area (Å²) in [6, 6.07) is 12.9. The summed E-state index contributed by atoms with van der Waals surface area (Å²) in [5, 5.41) is 5.89. The molecule has 1 aliphatic heterocycles. The van der Waals surface area contributed by atoms with Crippen LogP contribution < -0.4 is 10.6 Å². The number of anilines is 1. The van der Waals surface area contributed by atoms with Crippen LogP contribution in [-0.2, 0) is 0 Å². The lowest BCUT2D eigenvalue weighted by Gasteiger charge is -2.32. The fourth-order valence-electron chi connectivity index (χ4n) is 2.88. The summed E-state index contributed by atoms with van der Waals surface area (Å²) in [5.41, 5.74) is 1.59. The molecule has 6 heteroatoms. The number of piperidine rings is 1. The summed E-state index contributed by atoms with van der Waals surface area (Å²) in [6.07, 6.45) is 3.15. The number of pyridine rings is 1. The molecule has 25 heavy (non-hydrogen) atoms. The maximum Gasteiger partial charge on any atom is 0.323 e. The number of nitrogens with zero attached hydrogens (tertiary/aromatic N) is 2. The van der Waals surface area contributed by atoms with Crippen LogP contribution in [0.3, 0.4) is 0 Å². The van der Waals surface area contributed by atoms with Gasteiger partial charge in [0.1, 0.15) is 5.82 Å². The van der Waals surface area contributed by atoms with Crippen LogP contribution in [0.5, 0.6) is 0 Å². The summed E-state index contributed by atoms with van der Waals surface area (Å²) >= 11 is 0. The molecule has 3 amide bonds. The number of amides is 3. The highest BCUT2D eigenvalue weighted by Crippen LogP contribution is 2.15. The molecule has 0 saturated carbocycles. The van der Waals surface area contributed by atoms with Gasteiger partial charge < -0.3 is 10.2 Å². The Morgan fingerprint density at radius 3 is 2.48 bits per heavy atom. The van der Waals surface area contributed by atoms with E-state index in [2.05, 4.69) is 15.6 Å². The van der Waals surface area contributed by atoms with Gasteiger partial charge in [0.05, 0.1) is 0 Å². The van der Waals surface area contributed by atoms with E-state index >= 15 is 0 Å². The summed E-state index contributed by atoms with van der Waals surface area (Å²) in [7, 11) is 0. The van der Waals surface area contributed by atoms with E-state index in [9.17, 15) is 9.59 Å². The number of likely N-dealkylation sites (tertiary alicyclic amines) is 1. The van der Waals surface area contributed by atoms with Gasteiger partial charge in [-0.3, -0.25) is 10.1 Å². The molecule has 0 aliphatic carbocycles. The maximum absolute atomic E-state index is 12.4. The van der Waals surface area contributed by atoms with Crippen molar-refractivity contribution in [2.24, 2.45) is 0 Å². The van der Waals surface area contributed by atoms with Gasteiger partial charge >= 0.3 is 6.03 Å². The van der Waals surface area contributed by atoms with Crippen LogP contribution in [0.1, 0.15) is 28.8 Å². The van der Waals surface area contributed by atoms with Crippen molar-refractivity contribution in [2.45, 2.75) is 25.8 Å². The van der Waals surface area contributed by atoms with E-state index in [1.807, 2.05) is 37.3 Å². The number of aryl methyl sites for hydroxylation is 1. The molecule has 0 atom stereocenters. The third-order valence-electron chi connectivity index (χ3n) is 4.39. The highest BCUT2D eigenvalue weighted by Gasteiger charge is 2.24. The van der Waals surface area contributed by atoms with Gasteiger partial charge in [-0.05, 0) is 43.5 Å². The highest BCUT2D eigenvalue weighted by molar-refractivity contribution is 5.94. The second-order valence-corrected chi connectivity index (χ2v) is 6.20. The van der Waals surface area contributed by atoms with E-state index in [-0.39, 0.29) is 18.0 Å². The standard InChI is InChI=1S/C19H22N4O2/c1-14-6-5-11-20-17(14)22-19(25)23-12-9-16(10-13-23)21-18(24)15-7-3-2-4-8-15/h2-8,11,16H,9-10,12-13H2,1H3,(H,21,24)(H,20,22,25). The number of aromatic nitrogens is 1. The lowest BCUT2D eigenvalue weighted by Crippen LogP contribution is -2.47. The van der Waals surface area contributed by atoms with Gasteiger partial charge in [-0.15, -0.1) is 0 Å². The molecule has 2 heterocycles. The van der Waals surface area contributed by atoms with Gasteiger partial charge in [0.2, 0.25) is 0 Å². The predicted octanol–water partition coefficient (Wildman–Crippen LogP) is 2.82. The van der Waals surface area contributed by atoms with Gasteiger partial charge in [0, 0.05) is 30.9 Å². The van der Waals surface area contributed by atoms with Crippen molar-refractivity contribution in [2.75, 3.05) is 18.4 Å². The lowest BCUT2D eigenvalue weighted by molar-refractivity contribution is 0.0919. The second-order valence-electron chi connectivity index (χ2n) is 6.20. The number of rotatable bonds is 3. The molecule has 2 N–H and O–H groups in total. The molecule has 130 valence electrons. The van der Waals surface area contributed by atoms with Gasteiger partial charge in [0.15, 0.2) is 0 Å². The first-order valence-corrected chi connectivity index (χ1v) is 8.47. The van der Waals surface area contributed by atoms with Crippen molar-refractivity contribution < 1.29 is 9.59 Å². The van der Waals surface area contributed by atoms with E-state index < -0.39 is 0 Å². The third-order valence-corrected chi connectivity index (χ3v) is 4.39. The van der Waals surface area contributed by atoms with Crippen molar-refractivity contribution >= 4 is 17.8 Å². The molecule has 0 bridgehead atoms. The second kappa shape index (κ2) is 7.79. The smallest absolute Gasteiger partial charge is 0.323 e. The highest BCUT2D eigenvalue weighted by atomic mass is 16.2. The van der Waals surface area contributed by atoms with Crippen LogP contribution in [0, 0.1) is 6.92 Å². The molecule has 6 nitrogen and oxygen atoms in total. The van der Waals surface area contributed by atoms with Crippen molar-refractivity contribution in [3.05, 3.63) is 59.8 Å². The first-order valence-electron chi connectivity index (χ1n) is 8.47. The Hall–Kier alpha value is -2.89. The van der Waals surface area contributed by atoms with Crippen LogP contribution >= 0.6 is 0 Å². The zero-order valence-corrected chi connectivity index (χ0v) is 14.2. The average Bonchev–Trinajstić information content (AvgIpc) is 2.65. The zero-order chi connectivity index (χ0) is 17.6. The number of urea groups is 1. The maximum atomic E-state index is 12.4. The van der Waals surface area contributed by atoms with Crippen LogP contribution in [0.4, 0.5) is 10.6 Å². The van der Waals surface area contributed by atoms with Crippen molar-refractivity contribution in [3.8, 4) is 0 Å². The van der Waals surface area contributed by atoms with Gasteiger partial charge in [-0.25, -0.2) is 9.78 Å². The molecule has 1 saturated heterocycles. The van der Waals surface area contributed by atoms with Crippen LogP contribution in [0.2, 0.25) is 0 Å². The summed E-state index contributed by atoms with van der Waals surface area (Å²) in [5.74, 6) is 0.527. The zero-order valence-electron chi connectivity index (χ0n) is 14.2. The van der Waals surface area contributed by atoms with Crippen LogP contribution in [0.15, 0.2) is 48.7 Å². The molecule has 1 aromatic carbocycles. The molecular weight excluding hydrogens is 316 g/mol. The minimum absolute atomic E-state index is 0.0624. The minimum Gasteiger partial charge on any atom is -0.349 e. The van der Waals surface area contributed by atoms with Gasteiger partial charge in [-0.1, -0.05) is 24.3 Å². The van der Waals surface area contributed by atoms with Crippen LogP contribution in [0.25, 0.3) is 0 Å². The summed E-state index contributed by atoms with van der Waals surface area (Å²) in [4.78, 5) is 30.5. The number of nitrogens with one attached hydrogen (secondary N) is 2. The molecule has 1 aliphatic rings. The SMILES string of the molecule is Cc1cccnc1NC(=O)N1CCC(NC(=O)c2ccccc2)CC1. The number of benzene rings is 1. The Balaban J connectivity index is 1.49. The van der Waals surface area contributed by atoms with Crippen molar-refractivity contribution in [3.63, 3.8) is 0 Å². The molecule has 0 spiro atoms. The Labute approximate surface area is 147 Å². The Morgan fingerprint density at radius 1 is 1.08 bits per heavy atom. The molecule has 2 aromatic rings. The largest absolute Gasteiger partial charge is 0.349 e. The van der Waals surface area contributed by atoms with Crippen LogP contribution in [-0.4, -0.2) is 41.0 Å².